The molecule has 0 saturated carbocycles. The molecule has 0 saturated heterocycles. The lowest BCUT2D eigenvalue weighted by Crippen LogP contribution is -2.26. The first kappa shape index (κ1) is 15.0. The third-order valence-corrected chi connectivity index (χ3v) is 3.94. The van der Waals surface area contributed by atoms with Gasteiger partial charge in [0, 0.05) is 22.7 Å². The van der Waals surface area contributed by atoms with Crippen molar-refractivity contribution in [3.05, 3.63) is 68.8 Å². The normalized spacial score (nSPS) is 10.3. The van der Waals surface area contributed by atoms with Crippen LogP contribution >= 0.6 is 22.6 Å². The van der Waals surface area contributed by atoms with E-state index in [9.17, 15) is 4.79 Å². The standard InChI is InChI=1S/C17H18INO/c1-3-13-7-9-14(10-8-13)12-19(2)17(20)15-5-4-6-16(18)11-15/h4-11H,3,12H2,1-2H3. The quantitative estimate of drug-likeness (QED) is 0.732. The molecule has 1 amide bonds. The van der Waals surface area contributed by atoms with E-state index in [0.29, 0.717) is 6.54 Å². The minimum absolute atomic E-state index is 0.0584. The Morgan fingerprint density at radius 2 is 1.75 bits per heavy atom. The summed E-state index contributed by atoms with van der Waals surface area (Å²) in [4.78, 5) is 14.1. The maximum atomic E-state index is 12.3. The molecule has 0 unspecified atom stereocenters. The number of hydrogen-bond acceptors (Lipinski definition) is 1. The second kappa shape index (κ2) is 6.88. The molecule has 0 aliphatic heterocycles. The molecule has 0 radical (unpaired) electrons. The number of aryl methyl sites for hydroxylation is 1. The molecule has 2 aromatic carbocycles. The third-order valence-electron chi connectivity index (χ3n) is 3.27. The van der Waals surface area contributed by atoms with E-state index in [4.69, 9.17) is 0 Å². The second-order valence-corrected chi connectivity index (χ2v) is 6.09. The Hall–Kier alpha value is -1.36. The van der Waals surface area contributed by atoms with Gasteiger partial charge < -0.3 is 4.90 Å². The van der Waals surface area contributed by atoms with E-state index in [1.165, 1.54) is 5.56 Å². The van der Waals surface area contributed by atoms with Crippen molar-refractivity contribution in [3.63, 3.8) is 0 Å². The van der Waals surface area contributed by atoms with Crippen molar-refractivity contribution in [2.45, 2.75) is 19.9 Å². The lowest BCUT2D eigenvalue weighted by atomic mass is 10.1. The van der Waals surface area contributed by atoms with Crippen LogP contribution < -0.4 is 0 Å². The maximum Gasteiger partial charge on any atom is 0.253 e. The summed E-state index contributed by atoms with van der Waals surface area (Å²) in [6, 6.07) is 16.1. The highest BCUT2D eigenvalue weighted by Crippen LogP contribution is 2.12. The number of hydrogen-bond donors (Lipinski definition) is 0. The molecule has 0 heterocycles. The number of benzene rings is 2. The van der Waals surface area contributed by atoms with Crippen LogP contribution in [0.3, 0.4) is 0 Å². The van der Waals surface area contributed by atoms with Gasteiger partial charge in [-0.1, -0.05) is 37.3 Å². The second-order valence-electron chi connectivity index (χ2n) is 4.84. The minimum atomic E-state index is 0.0584. The van der Waals surface area contributed by atoms with Crippen LogP contribution in [0.5, 0.6) is 0 Å². The van der Waals surface area contributed by atoms with Crippen LogP contribution in [0.1, 0.15) is 28.4 Å². The maximum absolute atomic E-state index is 12.3. The van der Waals surface area contributed by atoms with E-state index in [1.807, 2.05) is 31.3 Å². The summed E-state index contributed by atoms with van der Waals surface area (Å²) < 4.78 is 1.08. The number of carbonyl (C=O) groups excluding carboxylic acids is 1. The van der Waals surface area contributed by atoms with Gasteiger partial charge >= 0.3 is 0 Å². The number of carbonyl (C=O) groups is 1. The highest BCUT2D eigenvalue weighted by atomic mass is 127. The fourth-order valence-corrected chi connectivity index (χ4v) is 2.61. The van der Waals surface area contributed by atoms with Crippen molar-refractivity contribution >= 4 is 28.5 Å². The monoisotopic (exact) mass is 379 g/mol. The predicted octanol–water partition coefficient (Wildman–Crippen LogP) is 4.13. The van der Waals surface area contributed by atoms with Crippen LogP contribution in [0.25, 0.3) is 0 Å². The van der Waals surface area contributed by atoms with Crippen molar-refractivity contribution in [1.82, 2.24) is 4.90 Å². The van der Waals surface area contributed by atoms with Gasteiger partial charge in [-0.3, -0.25) is 4.79 Å². The van der Waals surface area contributed by atoms with Gasteiger partial charge in [0.15, 0.2) is 0 Å². The summed E-state index contributed by atoms with van der Waals surface area (Å²) in [5.74, 6) is 0.0584. The number of nitrogens with zero attached hydrogens (tertiary/aromatic N) is 1. The van der Waals surface area contributed by atoms with Crippen molar-refractivity contribution in [2.24, 2.45) is 0 Å². The lowest BCUT2D eigenvalue weighted by molar-refractivity contribution is 0.0785. The summed E-state index contributed by atoms with van der Waals surface area (Å²) >= 11 is 2.22. The number of halogens is 1. The largest absolute Gasteiger partial charge is 0.337 e. The molecular formula is C17H18INO. The van der Waals surface area contributed by atoms with E-state index in [1.54, 1.807) is 4.90 Å². The van der Waals surface area contributed by atoms with Gasteiger partial charge in [-0.25, -0.2) is 0 Å². The van der Waals surface area contributed by atoms with Crippen molar-refractivity contribution < 1.29 is 4.79 Å². The Bertz CT molecular complexity index is 592. The van der Waals surface area contributed by atoms with E-state index in [0.717, 1.165) is 21.1 Å². The van der Waals surface area contributed by atoms with Crippen LogP contribution in [-0.2, 0) is 13.0 Å². The van der Waals surface area contributed by atoms with Gasteiger partial charge in [-0.05, 0) is 58.3 Å². The summed E-state index contributed by atoms with van der Waals surface area (Å²) in [7, 11) is 1.84. The lowest BCUT2D eigenvalue weighted by Gasteiger charge is -2.17. The number of rotatable bonds is 4. The molecule has 0 bridgehead atoms. The van der Waals surface area contributed by atoms with E-state index >= 15 is 0 Å². The molecule has 0 aliphatic rings. The van der Waals surface area contributed by atoms with Crippen molar-refractivity contribution in [1.29, 1.82) is 0 Å². The van der Waals surface area contributed by atoms with Crippen molar-refractivity contribution in [3.8, 4) is 0 Å². The fraction of sp³-hybridized carbons (Fsp3) is 0.235. The molecule has 2 rings (SSSR count). The summed E-state index contributed by atoms with van der Waals surface area (Å²) in [5, 5.41) is 0. The summed E-state index contributed by atoms with van der Waals surface area (Å²) in [6.07, 6.45) is 1.04. The van der Waals surface area contributed by atoms with Gasteiger partial charge in [-0.2, -0.15) is 0 Å². The molecule has 0 atom stereocenters. The van der Waals surface area contributed by atoms with Gasteiger partial charge in [0.05, 0.1) is 0 Å². The molecule has 0 aromatic heterocycles. The zero-order valence-corrected chi connectivity index (χ0v) is 13.9. The SMILES string of the molecule is CCc1ccc(CN(C)C(=O)c2cccc(I)c2)cc1. The fourth-order valence-electron chi connectivity index (χ4n) is 2.07. The van der Waals surface area contributed by atoms with Crippen LogP contribution in [-0.4, -0.2) is 17.9 Å². The molecule has 3 heteroatoms. The van der Waals surface area contributed by atoms with Crippen LogP contribution in [0.4, 0.5) is 0 Å². The van der Waals surface area contributed by atoms with Crippen molar-refractivity contribution in [2.75, 3.05) is 7.05 Å². The van der Waals surface area contributed by atoms with E-state index < -0.39 is 0 Å². The highest BCUT2D eigenvalue weighted by molar-refractivity contribution is 14.1. The summed E-state index contributed by atoms with van der Waals surface area (Å²) in [6.45, 7) is 2.77. The van der Waals surface area contributed by atoms with Gasteiger partial charge in [0.2, 0.25) is 0 Å². The Kier molecular flexibility index (Phi) is 5.17. The van der Waals surface area contributed by atoms with Crippen LogP contribution in [0.2, 0.25) is 0 Å². The van der Waals surface area contributed by atoms with Gasteiger partial charge in [0.25, 0.3) is 5.91 Å². The predicted molar refractivity (Wildman–Crippen MR) is 90.8 cm³/mol. The molecule has 0 aliphatic carbocycles. The Morgan fingerprint density at radius 1 is 1.10 bits per heavy atom. The highest BCUT2D eigenvalue weighted by Gasteiger charge is 2.12. The zero-order valence-electron chi connectivity index (χ0n) is 11.8. The Balaban J connectivity index is 2.07. The first-order chi connectivity index (χ1) is 9.60. The first-order valence-corrected chi connectivity index (χ1v) is 7.77. The molecule has 0 spiro atoms. The number of amides is 1. The molecule has 0 fully saturated rings. The van der Waals surface area contributed by atoms with Crippen LogP contribution in [0, 0.1) is 3.57 Å². The summed E-state index contributed by atoms with van der Waals surface area (Å²) in [5.41, 5.74) is 3.22. The molecule has 20 heavy (non-hydrogen) atoms. The van der Waals surface area contributed by atoms with Crippen LogP contribution in [0.15, 0.2) is 48.5 Å². The Morgan fingerprint density at radius 3 is 2.35 bits per heavy atom. The molecule has 2 aromatic rings. The topological polar surface area (TPSA) is 20.3 Å². The Labute approximate surface area is 133 Å². The van der Waals surface area contributed by atoms with Gasteiger partial charge in [-0.15, -0.1) is 0 Å². The third kappa shape index (κ3) is 3.82. The minimum Gasteiger partial charge on any atom is -0.337 e. The average Bonchev–Trinajstić information content (AvgIpc) is 2.47. The average molecular weight is 379 g/mol. The smallest absolute Gasteiger partial charge is 0.253 e. The first-order valence-electron chi connectivity index (χ1n) is 6.69. The molecule has 2 nitrogen and oxygen atoms in total. The van der Waals surface area contributed by atoms with E-state index in [2.05, 4.69) is 53.8 Å². The van der Waals surface area contributed by atoms with Gasteiger partial charge in [0.1, 0.15) is 0 Å². The molecular weight excluding hydrogens is 361 g/mol. The van der Waals surface area contributed by atoms with E-state index in [-0.39, 0.29) is 5.91 Å². The molecule has 104 valence electrons. The molecule has 0 N–H and O–H groups in total. The zero-order chi connectivity index (χ0) is 14.5.